The van der Waals surface area contributed by atoms with Crippen molar-refractivity contribution >= 4 is 145 Å². The number of piperidine rings is 1. The number of aryl methyl sites for hydroxylation is 1. The molecular weight excluding hydrogens is 1360 g/mol. The van der Waals surface area contributed by atoms with E-state index in [9.17, 15) is 22.8 Å². The molecule has 1 saturated carbocycles. The fourth-order valence-corrected chi connectivity index (χ4v) is 14.7. The third-order valence-corrected chi connectivity index (χ3v) is 19.7. The Bertz CT molecular complexity index is 6010. The van der Waals surface area contributed by atoms with E-state index in [4.69, 9.17) is 4.74 Å². The third-order valence-electron chi connectivity index (χ3n) is 19.7. The lowest BCUT2D eigenvalue weighted by Gasteiger charge is -2.60. The first-order chi connectivity index (χ1) is 52.0. The Balaban J connectivity index is 0.000000110. The fourth-order valence-electron chi connectivity index (χ4n) is 14.7. The van der Waals surface area contributed by atoms with Gasteiger partial charge in [-0.15, -0.1) is 0 Å². The highest BCUT2D eigenvalue weighted by Gasteiger charge is 2.59. The molecule has 0 bridgehead atoms. The van der Waals surface area contributed by atoms with Gasteiger partial charge in [-0.2, -0.15) is 20.4 Å². The van der Waals surface area contributed by atoms with E-state index >= 15 is 0 Å². The molecule has 10 aromatic heterocycles. The van der Waals surface area contributed by atoms with Crippen molar-refractivity contribution in [1.82, 2.24) is 80.5 Å². The summed E-state index contributed by atoms with van der Waals surface area (Å²) >= 11 is 0. The number of pyridine rings is 6. The van der Waals surface area contributed by atoms with Crippen LogP contribution in [0.5, 0.6) is 5.88 Å². The zero-order chi connectivity index (χ0) is 73.4. The standard InChI is InChI=1S/C24H22FN5O.C23H21F2N5O.C17H15N5O.C17H15N5/c1-23(25)11-24(12-23)13-30(14-24)22(31)18-5-2-4-15-10-16(7-8-17(15)18)27-21-20-19(28-29-21)6-3-9-26-20;1-23(25)7-9-30(10-8-23)22(31)18-4-2-3-14-11-16(5-6-17(14)18)27-21-20-19(28-29-21)12-15(24)13-26-20;1-2-23-17-13-6-5-12(10-11(13)7-9-19-17)20-16-15-14(21-22-16)4-3-8-18-15;1-2-14-13-6-5-12(10-11(13)7-9-18-14)20-17-16-15(21-22-17)4-3-8-19-16/h2-10H,11-14H2,1H3,(H2,27,28,29);2-6,11-13H,7-10H2,1H3,(H2,27,28,29);3-10H,2H2,1H3,(H2,20,21,22);3-10H,2H2,1H3,(H2,20,21,22). The molecule has 6 aromatic carbocycles. The molecule has 12 heterocycles. The number of aromatic nitrogens is 14. The zero-order valence-corrected chi connectivity index (χ0v) is 58.8. The number of hydrogen-bond donors (Lipinski definition) is 8. The molecule has 19 rings (SSSR count). The number of ether oxygens (including phenoxy) is 1. The van der Waals surface area contributed by atoms with Crippen molar-refractivity contribution in [3.05, 3.63) is 224 Å². The van der Waals surface area contributed by atoms with Crippen LogP contribution in [0.15, 0.2) is 201 Å². The van der Waals surface area contributed by atoms with Crippen LogP contribution in [0.3, 0.4) is 0 Å². The number of aromatic amines is 4. The highest BCUT2D eigenvalue weighted by Crippen LogP contribution is 2.56. The fraction of sp³-hybridized carbons (Fsp3) is 0.210. The van der Waals surface area contributed by atoms with Crippen molar-refractivity contribution in [1.29, 1.82) is 0 Å². The van der Waals surface area contributed by atoms with Crippen LogP contribution in [0, 0.1) is 11.2 Å². The molecule has 2 aliphatic heterocycles. The maximum Gasteiger partial charge on any atom is 0.254 e. The van der Waals surface area contributed by atoms with Gasteiger partial charge in [0.1, 0.15) is 39.2 Å². The van der Waals surface area contributed by atoms with E-state index in [0.717, 1.165) is 112 Å². The Labute approximate surface area is 610 Å². The third kappa shape index (κ3) is 14.3. The van der Waals surface area contributed by atoms with E-state index in [2.05, 4.69) is 111 Å². The predicted octanol–water partition coefficient (Wildman–Crippen LogP) is 17.2. The number of nitrogens with zero attached hydrogens (tertiary/aromatic N) is 12. The predicted molar refractivity (Wildman–Crippen MR) is 412 cm³/mol. The van der Waals surface area contributed by atoms with E-state index < -0.39 is 17.2 Å². The van der Waals surface area contributed by atoms with Crippen molar-refractivity contribution < 1.29 is 27.5 Å². The number of nitrogens with one attached hydrogen (secondary N) is 8. The highest BCUT2D eigenvalue weighted by atomic mass is 19.1. The van der Waals surface area contributed by atoms with Crippen molar-refractivity contribution in [2.45, 2.75) is 71.1 Å². The van der Waals surface area contributed by atoms with Crippen molar-refractivity contribution in [3.63, 3.8) is 0 Å². The number of benzene rings is 6. The van der Waals surface area contributed by atoms with Gasteiger partial charge < -0.3 is 35.8 Å². The van der Waals surface area contributed by atoms with Gasteiger partial charge in [-0.3, -0.25) is 49.9 Å². The molecule has 2 amide bonds. The molecule has 107 heavy (non-hydrogen) atoms. The molecule has 16 aromatic rings. The summed E-state index contributed by atoms with van der Waals surface area (Å²) < 4.78 is 46.9. The van der Waals surface area contributed by atoms with Crippen LogP contribution >= 0.6 is 0 Å². The Morgan fingerprint density at radius 1 is 0.458 bits per heavy atom. The number of hydrogen-bond acceptors (Lipinski definition) is 17. The second kappa shape index (κ2) is 28.5. The Morgan fingerprint density at radius 2 is 0.888 bits per heavy atom. The molecule has 3 aliphatic rings. The van der Waals surface area contributed by atoms with E-state index in [0.29, 0.717) is 104 Å². The number of amides is 2. The van der Waals surface area contributed by atoms with E-state index in [1.807, 2.05) is 158 Å². The van der Waals surface area contributed by atoms with Crippen molar-refractivity contribution in [3.8, 4) is 5.88 Å². The van der Waals surface area contributed by atoms with Crippen LogP contribution in [-0.4, -0.2) is 136 Å². The van der Waals surface area contributed by atoms with Crippen molar-refractivity contribution in [2.75, 3.05) is 54.1 Å². The number of anilines is 8. The number of carbonyl (C=O) groups is 2. The smallest absolute Gasteiger partial charge is 0.254 e. The van der Waals surface area contributed by atoms with Gasteiger partial charge in [-0.25, -0.2) is 23.1 Å². The SMILES string of the molecule is CC1(F)CC2(CN(C(=O)c3cccc4cc(Nc5n[nH]c6cccnc56)ccc34)C2)C1.CC1(F)CCN(C(=O)c2cccc3cc(Nc4n[nH]c5cc(F)cnc45)ccc23)CC1.CCOc1nccc2cc(Nc3n[nH]c4cccnc34)ccc12.CCc1nccc2cc(Nc3n[nH]c4cccnc34)ccc12. The first-order valence-electron chi connectivity index (χ1n) is 35.4. The molecule has 26 heteroatoms. The van der Waals surface area contributed by atoms with E-state index in [-0.39, 0.29) is 17.2 Å². The molecule has 1 aliphatic carbocycles. The normalized spacial score (nSPS) is 14.7. The number of H-pyrrole nitrogens is 4. The van der Waals surface area contributed by atoms with Gasteiger partial charge in [0.05, 0.1) is 34.9 Å². The summed E-state index contributed by atoms with van der Waals surface area (Å²) in [4.78, 5) is 55.6. The van der Waals surface area contributed by atoms with E-state index in [1.165, 1.54) is 16.8 Å². The zero-order valence-electron chi connectivity index (χ0n) is 58.8. The van der Waals surface area contributed by atoms with Gasteiger partial charge in [-0.05, 0) is 200 Å². The first-order valence-corrected chi connectivity index (χ1v) is 35.4. The summed E-state index contributed by atoms with van der Waals surface area (Å²) in [6.07, 6.45) is 12.8. The topological polar surface area (TPSA) is 290 Å². The Hall–Kier alpha value is -13.1. The summed E-state index contributed by atoms with van der Waals surface area (Å²) in [5, 5.41) is 49.9. The summed E-state index contributed by atoms with van der Waals surface area (Å²) in [6, 6.07) is 52.0. The lowest BCUT2D eigenvalue weighted by molar-refractivity contribution is -0.131. The van der Waals surface area contributed by atoms with Crippen LogP contribution in [0.2, 0.25) is 0 Å². The molecule has 536 valence electrons. The molecular formula is C81H73F3N20O3. The molecule has 1 spiro atoms. The summed E-state index contributed by atoms with van der Waals surface area (Å²) in [5.41, 5.74) is 9.87. The molecule has 2 saturated heterocycles. The lowest BCUT2D eigenvalue weighted by atomic mass is 9.56. The molecule has 0 atom stereocenters. The summed E-state index contributed by atoms with van der Waals surface area (Å²) in [5.74, 6) is 2.76. The average molecular weight is 1430 g/mol. The number of carbonyl (C=O) groups excluding carboxylic acids is 2. The average Bonchev–Trinajstić information content (AvgIpc) is 1.57. The highest BCUT2D eigenvalue weighted by molar-refractivity contribution is 6.09. The molecule has 0 unspecified atom stereocenters. The number of alkyl halides is 2. The molecule has 23 nitrogen and oxygen atoms in total. The summed E-state index contributed by atoms with van der Waals surface area (Å²) in [6.45, 7) is 10.1. The van der Waals surface area contributed by atoms with Gasteiger partial charge in [0.15, 0.2) is 23.3 Å². The van der Waals surface area contributed by atoms with Crippen LogP contribution in [0.1, 0.15) is 79.8 Å². The van der Waals surface area contributed by atoms with Gasteiger partial charge >= 0.3 is 0 Å². The quantitative estimate of drug-likeness (QED) is 0.0532. The number of rotatable bonds is 13. The monoisotopic (exact) mass is 1430 g/mol. The number of fused-ring (bicyclic) bond motifs is 8. The second-order valence-corrected chi connectivity index (χ2v) is 27.7. The second-order valence-electron chi connectivity index (χ2n) is 27.7. The molecule has 8 N–H and O–H groups in total. The lowest BCUT2D eigenvalue weighted by Crippen LogP contribution is -2.67. The number of halogens is 3. The Kier molecular flexibility index (Phi) is 18.2. The minimum Gasteiger partial charge on any atom is -0.478 e. The van der Waals surface area contributed by atoms with Crippen LogP contribution in [0.25, 0.3) is 87.2 Å². The van der Waals surface area contributed by atoms with Gasteiger partial charge in [0, 0.05) is 119 Å². The van der Waals surface area contributed by atoms with Crippen LogP contribution < -0.4 is 26.0 Å². The number of likely N-dealkylation sites (tertiary alicyclic amines) is 2. The Morgan fingerprint density at radius 3 is 1.36 bits per heavy atom. The van der Waals surface area contributed by atoms with Crippen LogP contribution in [0.4, 0.5) is 59.2 Å². The minimum absolute atomic E-state index is 0.00119. The maximum absolute atomic E-state index is 14.1. The van der Waals surface area contributed by atoms with Gasteiger partial charge in [0.25, 0.3) is 11.8 Å². The van der Waals surface area contributed by atoms with Gasteiger partial charge in [-0.1, -0.05) is 49.4 Å². The largest absolute Gasteiger partial charge is 0.478 e. The molecule has 3 fully saturated rings. The maximum atomic E-state index is 14.1. The minimum atomic E-state index is -1.20. The first kappa shape index (κ1) is 68.3. The van der Waals surface area contributed by atoms with E-state index in [1.54, 1.807) is 49.6 Å². The molecule has 0 radical (unpaired) electrons. The summed E-state index contributed by atoms with van der Waals surface area (Å²) in [7, 11) is 0. The van der Waals surface area contributed by atoms with Gasteiger partial charge in [0.2, 0.25) is 5.88 Å². The van der Waals surface area contributed by atoms with Crippen LogP contribution in [-0.2, 0) is 6.42 Å². The van der Waals surface area contributed by atoms with Crippen molar-refractivity contribution in [2.24, 2.45) is 5.41 Å².